The molecule has 0 aliphatic carbocycles. The summed E-state index contributed by atoms with van der Waals surface area (Å²) in [6, 6.07) is 13.7. The molecule has 3 aromatic rings. The Morgan fingerprint density at radius 2 is 1.62 bits per heavy atom. The predicted molar refractivity (Wildman–Crippen MR) is 113 cm³/mol. The van der Waals surface area contributed by atoms with Crippen LogP contribution >= 0.6 is 0 Å². The molecule has 0 amide bonds. The summed E-state index contributed by atoms with van der Waals surface area (Å²) in [5.74, 6) is 2.35. The monoisotopic (exact) mass is 396 g/mol. The largest absolute Gasteiger partial charge is 0.490 e. The number of hydrogen-bond donors (Lipinski definition) is 2. The standard InChI is InChI=1S/C22H28N4O3/c1-5-24-20(23-4)15-8-10-16(11-9-15)21-25-22(29-26-21)17-12-13-18(27-6-2)19(14-17)28-7-3/h8-14,20,23-24H,5-7H2,1-4H3. The van der Waals surface area contributed by atoms with Crippen LogP contribution in [0.4, 0.5) is 0 Å². The van der Waals surface area contributed by atoms with Crippen LogP contribution in [0.1, 0.15) is 32.5 Å². The Morgan fingerprint density at radius 3 is 2.28 bits per heavy atom. The van der Waals surface area contributed by atoms with Crippen LogP contribution in [0.2, 0.25) is 0 Å². The third-order valence-corrected chi connectivity index (χ3v) is 4.42. The van der Waals surface area contributed by atoms with E-state index in [1.165, 1.54) is 0 Å². The molecule has 3 rings (SSSR count). The summed E-state index contributed by atoms with van der Waals surface area (Å²) in [5.41, 5.74) is 2.83. The van der Waals surface area contributed by atoms with Gasteiger partial charge in [0.25, 0.3) is 5.89 Å². The lowest BCUT2D eigenvalue weighted by Crippen LogP contribution is -2.31. The van der Waals surface area contributed by atoms with E-state index < -0.39 is 0 Å². The van der Waals surface area contributed by atoms with E-state index in [-0.39, 0.29) is 6.17 Å². The van der Waals surface area contributed by atoms with Crippen molar-refractivity contribution in [2.45, 2.75) is 26.9 Å². The first kappa shape index (κ1) is 20.8. The lowest BCUT2D eigenvalue weighted by Gasteiger charge is -2.17. The average Bonchev–Trinajstić information content (AvgIpc) is 3.24. The molecule has 1 atom stereocenters. The summed E-state index contributed by atoms with van der Waals surface area (Å²) in [6.07, 6.45) is 0.107. The fraction of sp³-hybridized carbons (Fsp3) is 0.364. The van der Waals surface area contributed by atoms with Crippen molar-refractivity contribution in [1.29, 1.82) is 0 Å². The first-order chi connectivity index (χ1) is 14.2. The summed E-state index contributed by atoms with van der Waals surface area (Å²) in [6.45, 7) is 7.96. The van der Waals surface area contributed by atoms with Crippen LogP contribution in [0.3, 0.4) is 0 Å². The molecule has 0 saturated heterocycles. The fourth-order valence-corrected chi connectivity index (χ4v) is 3.06. The van der Waals surface area contributed by atoms with Gasteiger partial charge in [0.15, 0.2) is 11.5 Å². The first-order valence-corrected chi connectivity index (χ1v) is 9.94. The van der Waals surface area contributed by atoms with Gasteiger partial charge in [-0.25, -0.2) is 0 Å². The van der Waals surface area contributed by atoms with E-state index in [9.17, 15) is 0 Å². The molecule has 1 unspecified atom stereocenters. The first-order valence-electron chi connectivity index (χ1n) is 9.94. The number of hydrogen-bond acceptors (Lipinski definition) is 7. The van der Waals surface area contributed by atoms with Gasteiger partial charge in [0.2, 0.25) is 5.82 Å². The van der Waals surface area contributed by atoms with Crippen LogP contribution in [0.5, 0.6) is 11.5 Å². The van der Waals surface area contributed by atoms with E-state index in [0.29, 0.717) is 36.4 Å². The smallest absolute Gasteiger partial charge is 0.258 e. The molecule has 0 saturated carbocycles. The molecule has 0 fully saturated rings. The van der Waals surface area contributed by atoms with Crippen LogP contribution in [-0.4, -0.2) is 36.9 Å². The SMILES string of the molecule is CCNC(NC)c1ccc(-c2noc(-c3ccc(OCC)c(OCC)c3)n2)cc1. The van der Waals surface area contributed by atoms with Gasteiger partial charge in [0.1, 0.15) is 0 Å². The van der Waals surface area contributed by atoms with Crippen LogP contribution in [-0.2, 0) is 0 Å². The highest BCUT2D eigenvalue weighted by Gasteiger charge is 2.15. The van der Waals surface area contributed by atoms with E-state index in [4.69, 9.17) is 14.0 Å². The number of nitrogens with one attached hydrogen (secondary N) is 2. The molecule has 154 valence electrons. The van der Waals surface area contributed by atoms with Gasteiger partial charge < -0.3 is 19.3 Å². The van der Waals surface area contributed by atoms with Crippen molar-refractivity contribution in [2.75, 3.05) is 26.8 Å². The van der Waals surface area contributed by atoms with Crippen molar-refractivity contribution < 1.29 is 14.0 Å². The molecule has 7 nitrogen and oxygen atoms in total. The molecule has 0 aliphatic heterocycles. The number of ether oxygens (including phenoxy) is 2. The van der Waals surface area contributed by atoms with Crippen molar-refractivity contribution in [1.82, 2.24) is 20.8 Å². The molecule has 1 heterocycles. The Morgan fingerprint density at radius 1 is 0.931 bits per heavy atom. The van der Waals surface area contributed by atoms with Crippen LogP contribution < -0.4 is 20.1 Å². The summed E-state index contributed by atoms with van der Waals surface area (Å²) in [4.78, 5) is 4.55. The molecule has 0 aliphatic rings. The second-order valence-corrected chi connectivity index (χ2v) is 6.35. The lowest BCUT2D eigenvalue weighted by atomic mass is 10.1. The quantitative estimate of drug-likeness (QED) is 0.501. The Hall–Kier alpha value is -2.90. The number of benzene rings is 2. The maximum Gasteiger partial charge on any atom is 0.258 e. The highest BCUT2D eigenvalue weighted by atomic mass is 16.5. The van der Waals surface area contributed by atoms with Gasteiger partial charge in [-0.05, 0) is 51.2 Å². The van der Waals surface area contributed by atoms with Gasteiger partial charge in [-0.3, -0.25) is 5.32 Å². The fourth-order valence-electron chi connectivity index (χ4n) is 3.06. The Bertz CT molecular complexity index is 909. The number of rotatable bonds is 10. The minimum Gasteiger partial charge on any atom is -0.490 e. The normalized spacial score (nSPS) is 12.0. The zero-order chi connectivity index (χ0) is 20.6. The summed E-state index contributed by atoms with van der Waals surface area (Å²) in [5, 5.41) is 10.8. The van der Waals surface area contributed by atoms with E-state index in [1.54, 1.807) is 0 Å². The van der Waals surface area contributed by atoms with Gasteiger partial charge in [0.05, 0.1) is 19.4 Å². The minimum absolute atomic E-state index is 0.107. The van der Waals surface area contributed by atoms with Crippen molar-refractivity contribution in [3.05, 3.63) is 48.0 Å². The third-order valence-electron chi connectivity index (χ3n) is 4.42. The number of nitrogens with zero attached hydrogens (tertiary/aromatic N) is 2. The van der Waals surface area contributed by atoms with Crippen molar-refractivity contribution in [3.63, 3.8) is 0 Å². The third kappa shape index (κ3) is 4.93. The van der Waals surface area contributed by atoms with E-state index in [0.717, 1.165) is 23.2 Å². The molecule has 0 radical (unpaired) electrons. The summed E-state index contributed by atoms with van der Waals surface area (Å²) >= 11 is 0. The second-order valence-electron chi connectivity index (χ2n) is 6.35. The highest BCUT2D eigenvalue weighted by Crippen LogP contribution is 2.33. The van der Waals surface area contributed by atoms with Gasteiger partial charge in [-0.15, -0.1) is 0 Å². The molecule has 29 heavy (non-hydrogen) atoms. The van der Waals surface area contributed by atoms with Crippen molar-refractivity contribution >= 4 is 0 Å². The molecule has 0 spiro atoms. The molecule has 7 heteroatoms. The number of aromatic nitrogens is 2. The molecule has 0 bridgehead atoms. The molecule has 1 aromatic heterocycles. The van der Waals surface area contributed by atoms with Crippen molar-refractivity contribution in [3.8, 4) is 34.3 Å². The Balaban J connectivity index is 1.82. The zero-order valence-corrected chi connectivity index (χ0v) is 17.4. The van der Waals surface area contributed by atoms with Gasteiger partial charge >= 0.3 is 0 Å². The molecule has 2 aromatic carbocycles. The highest BCUT2D eigenvalue weighted by molar-refractivity contribution is 5.63. The van der Waals surface area contributed by atoms with Crippen molar-refractivity contribution in [2.24, 2.45) is 0 Å². The van der Waals surface area contributed by atoms with E-state index in [2.05, 4.69) is 39.8 Å². The maximum absolute atomic E-state index is 5.68. The Labute approximate surface area is 171 Å². The molecular weight excluding hydrogens is 368 g/mol. The van der Waals surface area contributed by atoms with Gasteiger partial charge in [0, 0.05) is 11.1 Å². The van der Waals surface area contributed by atoms with E-state index in [1.807, 2.05) is 51.2 Å². The topological polar surface area (TPSA) is 81.4 Å². The Kier molecular flexibility index (Phi) is 7.21. The second kappa shape index (κ2) is 10.0. The molecular formula is C22H28N4O3. The van der Waals surface area contributed by atoms with E-state index >= 15 is 0 Å². The maximum atomic E-state index is 5.68. The van der Waals surface area contributed by atoms with Crippen LogP contribution in [0.25, 0.3) is 22.8 Å². The van der Waals surface area contributed by atoms with Crippen LogP contribution in [0, 0.1) is 0 Å². The summed E-state index contributed by atoms with van der Waals surface area (Å²) in [7, 11) is 1.93. The van der Waals surface area contributed by atoms with Gasteiger partial charge in [-0.1, -0.05) is 36.3 Å². The zero-order valence-electron chi connectivity index (χ0n) is 17.4. The predicted octanol–water partition coefficient (Wildman–Crippen LogP) is 4.03. The molecule has 2 N–H and O–H groups in total. The summed E-state index contributed by atoms with van der Waals surface area (Å²) < 4.78 is 16.8. The van der Waals surface area contributed by atoms with Crippen LogP contribution in [0.15, 0.2) is 47.0 Å². The average molecular weight is 396 g/mol. The minimum atomic E-state index is 0.107. The lowest BCUT2D eigenvalue weighted by molar-refractivity contribution is 0.288. The van der Waals surface area contributed by atoms with Gasteiger partial charge in [-0.2, -0.15) is 4.98 Å².